The molecule has 3 rings (SSSR count). The largest absolute Gasteiger partial charge is 0.486 e. The van der Waals surface area contributed by atoms with Gasteiger partial charge in [-0.25, -0.2) is 4.79 Å². The van der Waals surface area contributed by atoms with Crippen LogP contribution in [0.3, 0.4) is 0 Å². The van der Waals surface area contributed by atoms with Gasteiger partial charge in [-0.3, -0.25) is 4.79 Å². The van der Waals surface area contributed by atoms with Gasteiger partial charge in [0, 0.05) is 0 Å². The summed E-state index contributed by atoms with van der Waals surface area (Å²) in [5.74, 6) is -0.700. The summed E-state index contributed by atoms with van der Waals surface area (Å²) in [7, 11) is 0. The summed E-state index contributed by atoms with van der Waals surface area (Å²) in [6.45, 7) is 0.249. The zero-order chi connectivity index (χ0) is 18.4. The number of hydrogen-bond donors (Lipinski definition) is 2. The maximum atomic E-state index is 12.1. The number of anilines is 1. The number of amides is 1. The Balaban J connectivity index is 1.57. The first-order chi connectivity index (χ1) is 12.6. The number of aromatic carboxylic acids is 1. The average molecular weight is 369 g/mol. The number of nitrogens with one attached hydrogen (secondary N) is 1. The predicted molar refractivity (Wildman–Crippen MR) is 96.4 cm³/mol. The molecular weight excluding hydrogens is 354 g/mol. The van der Waals surface area contributed by atoms with E-state index >= 15 is 0 Å². The highest BCUT2D eigenvalue weighted by Gasteiger charge is 2.14. The van der Waals surface area contributed by atoms with Gasteiger partial charge in [0.25, 0.3) is 0 Å². The van der Waals surface area contributed by atoms with Gasteiger partial charge < -0.3 is 15.2 Å². The number of carboxylic acids is 1. The summed E-state index contributed by atoms with van der Waals surface area (Å²) in [6.07, 6.45) is -0.0576. The third-order valence-corrected chi connectivity index (χ3v) is 4.23. The van der Waals surface area contributed by atoms with E-state index in [9.17, 15) is 9.59 Å². The number of rotatable bonds is 7. The highest BCUT2D eigenvalue weighted by molar-refractivity contribution is 7.15. The van der Waals surface area contributed by atoms with E-state index in [1.165, 1.54) is 17.4 Å². The van der Waals surface area contributed by atoms with E-state index in [4.69, 9.17) is 9.84 Å². The molecule has 0 unspecified atom stereocenters. The standard InChI is InChI=1S/C18H15N3O4S/c22-15(10-12-6-4-5-9-14(12)17(23)24)19-18-21-20-16(26-18)11-25-13-7-2-1-3-8-13/h1-9H,10-11H2,(H,23,24)(H,19,21,22). The van der Waals surface area contributed by atoms with Crippen LogP contribution in [-0.2, 0) is 17.8 Å². The number of hydrogen-bond acceptors (Lipinski definition) is 6. The molecule has 0 atom stereocenters. The first-order valence-corrected chi connectivity index (χ1v) is 8.55. The van der Waals surface area contributed by atoms with Gasteiger partial charge in [0.2, 0.25) is 11.0 Å². The minimum absolute atomic E-state index is 0.0576. The van der Waals surface area contributed by atoms with Crippen molar-refractivity contribution in [3.8, 4) is 5.75 Å². The van der Waals surface area contributed by atoms with Crippen molar-refractivity contribution in [2.24, 2.45) is 0 Å². The van der Waals surface area contributed by atoms with E-state index < -0.39 is 5.97 Å². The molecule has 0 saturated carbocycles. The molecular formula is C18H15N3O4S. The Morgan fingerprint density at radius 2 is 1.77 bits per heavy atom. The van der Waals surface area contributed by atoms with E-state index in [0.717, 1.165) is 5.75 Å². The van der Waals surface area contributed by atoms with Crippen molar-refractivity contribution < 1.29 is 19.4 Å². The zero-order valence-electron chi connectivity index (χ0n) is 13.6. The Morgan fingerprint density at radius 1 is 1.04 bits per heavy atom. The smallest absolute Gasteiger partial charge is 0.335 e. The van der Waals surface area contributed by atoms with Crippen molar-refractivity contribution in [2.45, 2.75) is 13.0 Å². The molecule has 0 radical (unpaired) electrons. The molecule has 0 saturated heterocycles. The van der Waals surface area contributed by atoms with Gasteiger partial charge in [-0.2, -0.15) is 0 Å². The Kier molecular flexibility index (Phi) is 5.55. The lowest BCUT2D eigenvalue weighted by Gasteiger charge is -2.05. The number of carboxylic acid groups (broad SMARTS) is 1. The first-order valence-electron chi connectivity index (χ1n) is 7.73. The van der Waals surface area contributed by atoms with Crippen LogP contribution in [0, 0.1) is 0 Å². The summed E-state index contributed by atoms with van der Waals surface area (Å²) < 4.78 is 5.58. The summed E-state index contributed by atoms with van der Waals surface area (Å²) in [6, 6.07) is 15.7. The lowest BCUT2D eigenvalue weighted by atomic mass is 10.0. The molecule has 0 aliphatic heterocycles. The van der Waals surface area contributed by atoms with Crippen LogP contribution in [-0.4, -0.2) is 27.2 Å². The minimum Gasteiger partial charge on any atom is -0.486 e. The summed E-state index contributed by atoms with van der Waals surface area (Å²) >= 11 is 1.21. The van der Waals surface area contributed by atoms with Crippen molar-refractivity contribution >= 4 is 28.3 Å². The third-order valence-electron chi connectivity index (χ3n) is 3.42. The van der Waals surface area contributed by atoms with Crippen LogP contribution in [0.5, 0.6) is 5.75 Å². The quantitative estimate of drug-likeness (QED) is 0.664. The van der Waals surface area contributed by atoms with Crippen LogP contribution in [0.15, 0.2) is 54.6 Å². The van der Waals surface area contributed by atoms with E-state index in [1.54, 1.807) is 18.2 Å². The van der Waals surface area contributed by atoms with Gasteiger partial charge in [0.05, 0.1) is 12.0 Å². The molecule has 1 heterocycles. The summed E-state index contributed by atoms with van der Waals surface area (Å²) in [5, 5.41) is 20.6. The number of carbonyl (C=O) groups is 2. The lowest BCUT2D eigenvalue weighted by Crippen LogP contribution is -2.16. The number of benzene rings is 2. The first kappa shape index (κ1) is 17.6. The topological polar surface area (TPSA) is 101 Å². The zero-order valence-corrected chi connectivity index (χ0v) is 14.4. The molecule has 132 valence electrons. The fraction of sp³-hybridized carbons (Fsp3) is 0.111. The Bertz CT molecular complexity index is 912. The SMILES string of the molecule is O=C(Cc1ccccc1C(=O)O)Nc1nnc(COc2ccccc2)s1. The van der Waals surface area contributed by atoms with Crippen LogP contribution < -0.4 is 10.1 Å². The lowest BCUT2D eigenvalue weighted by molar-refractivity contribution is -0.115. The summed E-state index contributed by atoms with van der Waals surface area (Å²) in [4.78, 5) is 23.3. The van der Waals surface area contributed by atoms with Gasteiger partial charge in [0.15, 0.2) is 5.01 Å². The van der Waals surface area contributed by atoms with Crippen molar-refractivity contribution in [1.82, 2.24) is 10.2 Å². The second-order valence-corrected chi connectivity index (χ2v) is 6.35. The second-order valence-electron chi connectivity index (χ2n) is 5.29. The van der Waals surface area contributed by atoms with Crippen LogP contribution in [0.25, 0.3) is 0 Å². The van der Waals surface area contributed by atoms with Gasteiger partial charge in [-0.1, -0.05) is 47.7 Å². The second kappa shape index (κ2) is 8.21. The average Bonchev–Trinajstić information content (AvgIpc) is 3.08. The van der Waals surface area contributed by atoms with E-state index in [1.807, 2.05) is 30.3 Å². The van der Waals surface area contributed by atoms with Crippen molar-refractivity contribution in [3.05, 3.63) is 70.7 Å². The molecule has 0 bridgehead atoms. The Hall–Kier alpha value is -3.26. The van der Waals surface area contributed by atoms with Crippen LogP contribution >= 0.6 is 11.3 Å². The molecule has 1 amide bonds. The number of carbonyl (C=O) groups excluding carboxylic acids is 1. The van der Waals surface area contributed by atoms with Gasteiger partial charge >= 0.3 is 5.97 Å². The molecule has 0 fully saturated rings. The molecule has 2 N–H and O–H groups in total. The monoisotopic (exact) mass is 369 g/mol. The molecule has 2 aromatic carbocycles. The number of ether oxygens (including phenoxy) is 1. The molecule has 1 aromatic heterocycles. The van der Waals surface area contributed by atoms with Crippen molar-refractivity contribution in [3.63, 3.8) is 0 Å². The molecule has 0 spiro atoms. The van der Waals surface area contributed by atoms with Crippen LogP contribution in [0.1, 0.15) is 20.9 Å². The fourth-order valence-electron chi connectivity index (χ4n) is 2.24. The molecule has 26 heavy (non-hydrogen) atoms. The maximum absolute atomic E-state index is 12.1. The molecule has 0 aliphatic carbocycles. The predicted octanol–water partition coefficient (Wildman–Crippen LogP) is 3.00. The van der Waals surface area contributed by atoms with Gasteiger partial charge in [0.1, 0.15) is 12.4 Å². The molecule has 7 nitrogen and oxygen atoms in total. The van der Waals surface area contributed by atoms with Crippen molar-refractivity contribution in [2.75, 3.05) is 5.32 Å². The minimum atomic E-state index is -1.07. The Morgan fingerprint density at radius 3 is 2.54 bits per heavy atom. The highest BCUT2D eigenvalue weighted by Crippen LogP contribution is 2.18. The molecule has 0 aliphatic rings. The van der Waals surface area contributed by atoms with E-state index in [2.05, 4.69) is 15.5 Å². The van der Waals surface area contributed by atoms with Crippen LogP contribution in [0.4, 0.5) is 5.13 Å². The molecule has 3 aromatic rings. The van der Waals surface area contributed by atoms with Gasteiger partial charge in [-0.15, -0.1) is 10.2 Å². The van der Waals surface area contributed by atoms with Crippen LogP contribution in [0.2, 0.25) is 0 Å². The number of nitrogens with zero attached hydrogens (tertiary/aromatic N) is 2. The third kappa shape index (κ3) is 4.64. The summed E-state index contributed by atoms with van der Waals surface area (Å²) in [5.41, 5.74) is 0.548. The van der Waals surface area contributed by atoms with E-state index in [0.29, 0.717) is 15.7 Å². The van der Waals surface area contributed by atoms with E-state index in [-0.39, 0.29) is 24.5 Å². The Labute approximate surface area is 153 Å². The van der Waals surface area contributed by atoms with Gasteiger partial charge in [-0.05, 0) is 23.8 Å². The number of para-hydroxylation sites is 1. The van der Waals surface area contributed by atoms with Crippen molar-refractivity contribution in [1.29, 1.82) is 0 Å². The molecule has 8 heteroatoms. The number of aromatic nitrogens is 2. The highest BCUT2D eigenvalue weighted by atomic mass is 32.1. The normalized spacial score (nSPS) is 10.3. The fourth-order valence-corrected chi connectivity index (χ4v) is 2.91. The maximum Gasteiger partial charge on any atom is 0.335 e.